The van der Waals surface area contributed by atoms with E-state index in [-0.39, 0.29) is 6.61 Å². The Balaban J connectivity index is 2.76. The number of rotatable bonds is 6. The molecule has 3 heteroatoms. The summed E-state index contributed by atoms with van der Waals surface area (Å²) in [5.74, 6) is 0. The molecular formula is C12H17NO2. The molecule has 0 heterocycles. The first kappa shape index (κ1) is 11.7. The molecule has 82 valence electrons. The average molecular weight is 207 g/mol. The lowest BCUT2D eigenvalue weighted by Gasteiger charge is -2.23. The molecule has 0 radical (unpaired) electrons. The van der Waals surface area contributed by atoms with Crippen LogP contribution in [-0.4, -0.2) is 31.1 Å². The fraction of sp³-hybridized carbons (Fsp3) is 0.417. The number of hydrogen-bond acceptors (Lipinski definition) is 3. The summed E-state index contributed by atoms with van der Waals surface area (Å²) in [4.78, 5) is 12.6. The first-order chi connectivity index (χ1) is 7.31. The van der Waals surface area contributed by atoms with Crippen molar-refractivity contribution in [3.63, 3.8) is 0 Å². The quantitative estimate of drug-likeness (QED) is 0.722. The van der Waals surface area contributed by atoms with Gasteiger partial charge >= 0.3 is 0 Å². The third kappa shape index (κ3) is 3.36. The molecule has 1 rings (SSSR count). The molecule has 0 saturated heterocycles. The van der Waals surface area contributed by atoms with Crippen molar-refractivity contribution in [2.24, 2.45) is 0 Å². The Morgan fingerprint density at radius 1 is 1.27 bits per heavy atom. The van der Waals surface area contributed by atoms with E-state index in [4.69, 9.17) is 5.11 Å². The third-order valence-electron chi connectivity index (χ3n) is 2.26. The Morgan fingerprint density at radius 2 is 1.93 bits per heavy atom. The van der Waals surface area contributed by atoms with Gasteiger partial charge in [0.05, 0.1) is 6.61 Å². The van der Waals surface area contributed by atoms with Gasteiger partial charge in [-0.15, -0.1) is 0 Å². The van der Waals surface area contributed by atoms with Gasteiger partial charge in [-0.1, -0.05) is 6.92 Å². The van der Waals surface area contributed by atoms with Crippen LogP contribution in [0.2, 0.25) is 0 Å². The lowest BCUT2D eigenvalue weighted by atomic mass is 10.2. The van der Waals surface area contributed by atoms with Crippen molar-refractivity contribution in [3.8, 4) is 0 Å². The highest BCUT2D eigenvalue weighted by atomic mass is 16.3. The van der Waals surface area contributed by atoms with Gasteiger partial charge in [0.25, 0.3) is 0 Å². The van der Waals surface area contributed by atoms with E-state index in [2.05, 4.69) is 11.8 Å². The van der Waals surface area contributed by atoms with Gasteiger partial charge in [0, 0.05) is 24.3 Å². The fourth-order valence-corrected chi connectivity index (χ4v) is 1.52. The van der Waals surface area contributed by atoms with Crippen molar-refractivity contribution in [3.05, 3.63) is 29.8 Å². The van der Waals surface area contributed by atoms with Crippen LogP contribution in [-0.2, 0) is 0 Å². The Kier molecular flexibility index (Phi) is 4.84. The van der Waals surface area contributed by atoms with Gasteiger partial charge in [0.2, 0.25) is 0 Å². The summed E-state index contributed by atoms with van der Waals surface area (Å²) >= 11 is 0. The van der Waals surface area contributed by atoms with Gasteiger partial charge in [-0.25, -0.2) is 0 Å². The molecule has 15 heavy (non-hydrogen) atoms. The van der Waals surface area contributed by atoms with Crippen LogP contribution in [0, 0.1) is 0 Å². The molecule has 3 nitrogen and oxygen atoms in total. The lowest BCUT2D eigenvalue weighted by Crippen LogP contribution is -2.27. The van der Waals surface area contributed by atoms with Crippen molar-refractivity contribution >= 4 is 12.0 Å². The second kappa shape index (κ2) is 6.19. The van der Waals surface area contributed by atoms with Crippen molar-refractivity contribution < 1.29 is 9.90 Å². The maximum atomic E-state index is 10.5. The van der Waals surface area contributed by atoms with Crippen molar-refractivity contribution in [2.45, 2.75) is 13.3 Å². The zero-order valence-electron chi connectivity index (χ0n) is 9.02. The van der Waals surface area contributed by atoms with Gasteiger partial charge in [-0.3, -0.25) is 4.79 Å². The summed E-state index contributed by atoms with van der Waals surface area (Å²) in [5, 5.41) is 8.93. The molecular weight excluding hydrogens is 190 g/mol. The molecule has 0 aliphatic rings. The van der Waals surface area contributed by atoms with Crippen LogP contribution in [0.25, 0.3) is 0 Å². The van der Waals surface area contributed by atoms with E-state index < -0.39 is 0 Å². The van der Waals surface area contributed by atoms with E-state index in [0.717, 1.165) is 24.9 Å². The minimum Gasteiger partial charge on any atom is -0.395 e. The normalized spacial score (nSPS) is 10.0. The predicted molar refractivity (Wildman–Crippen MR) is 61.4 cm³/mol. The van der Waals surface area contributed by atoms with E-state index in [0.29, 0.717) is 12.1 Å². The number of aliphatic hydroxyl groups is 1. The maximum Gasteiger partial charge on any atom is 0.150 e. The minimum atomic E-state index is 0.148. The summed E-state index contributed by atoms with van der Waals surface area (Å²) < 4.78 is 0. The van der Waals surface area contributed by atoms with Gasteiger partial charge < -0.3 is 10.0 Å². The molecule has 0 saturated carbocycles. The number of anilines is 1. The summed E-state index contributed by atoms with van der Waals surface area (Å²) in [6, 6.07) is 7.41. The molecule has 0 bridgehead atoms. The summed E-state index contributed by atoms with van der Waals surface area (Å²) in [6.45, 7) is 3.80. The van der Waals surface area contributed by atoms with E-state index >= 15 is 0 Å². The van der Waals surface area contributed by atoms with E-state index in [9.17, 15) is 4.79 Å². The Hall–Kier alpha value is -1.35. The average Bonchev–Trinajstić information content (AvgIpc) is 2.29. The highest BCUT2D eigenvalue weighted by Gasteiger charge is 2.03. The molecule has 1 aromatic carbocycles. The second-order valence-electron chi connectivity index (χ2n) is 3.42. The minimum absolute atomic E-state index is 0.148. The first-order valence-corrected chi connectivity index (χ1v) is 5.23. The van der Waals surface area contributed by atoms with Crippen molar-refractivity contribution in [2.75, 3.05) is 24.6 Å². The number of carbonyl (C=O) groups is 1. The number of hydrogen-bond donors (Lipinski definition) is 1. The van der Waals surface area contributed by atoms with Crippen LogP contribution in [0.15, 0.2) is 24.3 Å². The molecule has 0 aliphatic heterocycles. The first-order valence-electron chi connectivity index (χ1n) is 5.23. The second-order valence-corrected chi connectivity index (χ2v) is 3.42. The number of aldehydes is 1. The molecule has 0 atom stereocenters. The lowest BCUT2D eigenvalue weighted by molar-refractivity contribution is 0.112. The molecule has 1 N–H and O–H groups in total. The number of carbonyl (C=O) groups excluding carboxylic acids is 1. The molecule has 0 amide bonds. The zero-order valence-corrected chi connectivity index (χ0v) is 9.02. The fourth-order valence-electron chi connectivity index (χ4n) is 1.52. The van der Waals surface area contributed by atoms with Crippen LogP contribution in [0.4, 0.5) is 5.69 Å². The monoisotopic (exact) mass is 207 g/mol. The summed E-state index contributed by atoms with van der Waals surface area (Å²) in [5.41, 5.74) is 1.73. The van der Waals surface area contributed by atoms with Gasteiger partial charge in [0.15, 0.2) is 0 Å². The topological polar surface area (TPSA) is 40.5 Å². The SMILES string of the molecule is CCCN(CCO)c1ccc(C=O)cc1. The number of nitrogens with zero attached hydrogens (tertiary/aromatic N) is 1. The van der Waals surface area contributed by atoms with Crippen LogP contribution in [0.3, 0.4) is 0 Å². The standard InChI is InChI=1S/C12H17NO2/c1-2-7-13(8-9-14)12-5-3-11(10-15)4-6-12/h3-6,10,14H,2,7-9H2,1H3. The van der Waals surface area contributed by atoms with E-state index in [1.165, 1.54) is 0 Å². The summed E-state index contributed by atoms with van der Waals surface area (Å²) in [7, 11) is 0. The molecule has 0 aliphatic carbocycles. The molecule has 0 aromatic heterocycles. The third-order valence-corrected chi connectivity index (χ3v) is 2.26. The van der Waals surface area contributed by atoms with Gasteiger partial charge in [-0.05, 0) is 30.7 Å². The van der Waals surface area contributed by atoms with Crippen molar-refractivity contribution in [1.82, 2.24) is 0 Å². The van der Waals surface area contributed by atoms with E-state index in [1.807, 2.05) is 12.1 Å². The Labute approximate surface area is 90.3 Å². The largest absolute Gasteiger partial charge is 0.395 e. The van der Waals surface area contributed by atoms with Crippen LogP contribution < -0.4 is 4.90 Å². The highest BCUT2D eigenvalue weighted by molar-refractivity contribution is 5.75. The van der Waals surface area contributed by atoms with Gasteiger partial charge in [0.1, 0.15) is 6.29 Å². The zero-order chi connectivity index (χ0) is 11.1. The van der Waals surface area contributed by atoms with E-state index in [1.54, 1.807) is 12.1 Å². The predicted octanol–water partition coefficient (Wildman–Crippen LogP) is 1.71. The van der Waals surface area contributed by atoms with Crippen LogP contribution in [0.5, 0.6) is 0 Å². The molecule has 0 unspecified atom stereocenters. The van der Waals surface area contributed by atoms with Crippen LogP contribution >= 0.6 is 0 Å². The molecule has 1 aromatic rings. The van der Waals surface area contributed by atoms with Crippen LogP contribution in [0.1, 0.15) is 23.7 Å². The molecule has 0 spiro atoms. The smallest absolute Gasteiger partial charge is 0.150 e. The Bertz CT molecular complexity index is 289. The van der Waals surface area contributed by atoms with Crippen molar-refractivity contribution in [1.29, 1.82) is 0 Å². The van der Waals surface area contributed by atoms with Gasteiger partial charge in [-0.2, -0.15) is 0 Å². The highest BCUT2D eigenvalue weighted by Crippen LogP contribution is 2.14. The maximum absolute atomic E-state index is 10.5. The molecule has 0 fully saturated rings. The Morgan fingerprint density at radius 3 is 2.40 bits per heavy atom. The number of benzene rings is 1. The summed E-state index contributed by atoms with van der Waals surface area (Å²) in [6.07, 6.45) is 1.87. The number of aliphatic hydroxyl groups excluding tert-OH is 1.